The quantitative estimate of drug-likeness (QED) is 0.570. The van der Waals surface area contributed by atoms with E-state index in [1.165, 1.54) is 13.2 Å². The molecule has 160 valence electrons. The van der Waals surface area contributed by atoms with Crippen LogP contribution in [0.4, 0.5) is 5.69 Å². The lowest BCUT2D eigenvalue weighted by molar-refractivity contribution is -0.140. The number of carbonyl (C=O) groups excluding carboxylic acids is 3. The van der Waals surface area contributed by atoms with Gasteiger partial charge in [-0.2, -0.15) is 5.10 Å². The molecule has 3 N–H and O–H groups in total. The van der Waals surface area contributed by atoms with Gasteiger partial charge in [0.15, 0.2) is 0 Å². The van der Waals surface area contributed by atoms with E-state index in [1.54, 1.807) is 47.1 Å². The Bertz CT molecular complexity index is 1130. The van der Waals surface area contributed by atoms with Crippen molar-refractivity contribution in [3.63, 3.8) is 0 Å². The number of carbonyl (C=O) groups is 3. The number of methoxy groups -OCH3 is 1. The summed E-state index contributed by atoms with van der Waals surface area (Å²) in [6.07, 6.45) is 0.842. The number of benzene rings is 2. The number of esters is 1. The van der Waals surface area contributed by atoms with Gasteiger partial charge in [-0.1, -0.05) is 6.07 Å². The van der Waals surface area contributed by atoms with E-state index < -0.39 is 5.91 Å². The summed E-state index contributed by atoms with van der Waals surface area (Å²) in [6, 6.07) is 13.5. The van der Waals surface area contributed by atoms with Crippen LogP contribution in [-0.2, 0) is 16.0 Å². The minimum absolute atomic E-state index is 0.261. The molecule has 0 fully saturated rings. The summed E-state index contributed by atoms with van der Waals surface area (Å²) >= 11 is 0. The van der Waals surface area contributed by atoms with Gasteiger partial charge in [0.1, 0.15) is 0 Å². The van der Waals surface area contributed by atoms with E-state index in [0.717, 1.165) is 22.6 Å². The van der Waals surface area contributed by atoms with Crippen LogP contribution in [0.25, 0.3) is 5.69 Å². The van der Waals surface area contributed by atoms with Crippen LogP contribution in [0.1, 0.15) is 44.1 Å². The van der Waals surface area contributed by atoms with Crippen LogP contribution in [0.15, 0.2) is 48.5 Å². The fraction of sp³-hybridized carbons (Fsp3) is 0.217. The molecule has 0 aliphatic rings. The first-order chi connectivity index (χ1) is 14.8. The topological polar surface area (TPSA) is 116 Å². The Labute approximate surface area is 180 Å². The lowest BCUT2D eigenvalue weighted by atomic mass is 10.1. The Morgan fingerprint density at radius 3 is 2.42 bits per heavy atom. The first-order valence-electron chi connectivity index (χ1n) is 9.73. The number of anilines is 1. The average molecular weight is 420 g/mol. The molecule has 8 nitrogen and oxygen atoms in total. The van der Waals surface area contributed by atoms with Gasteiger partial charge in [-0.15, -0.1) is 0 Å². The van der Waals surface area contributed by atoms with Gasteiger partial charge in [0.25, 0.3) is 5.91 Å². The normalized spacial score (nSPS) is 10.5. The first kappa shape index (κ1) is 21.8. The van der Waals surface area contributed by atoms with Crippen molar-refractivity contribution in [2.75, 3.05) is 12.4 Å². The van der Waals surface area contributed by atoms with Gasteiger partial charge in [-0.25, -0.2) is 4.68 Å². The molecule has 0 aliphatic heterocycles. The molecule has 0 spiro atoms. The highest BCUT2D eigenvalue weighted by Crippen LogP contribution is 2.20. The third-order valence-corrected chi connectivity index (χ3v) is 5.03. The second kappa shape index (κ2) is 9.25. The second-order valence-electron chi connectivity index (χ2n) is 7.08. The molecule has 2 amide bonds. The highest BCUT2D eigenvalue weighted by molar-refractivity contribution is 6.05. The predicted octanol–water partition coefficient (Wildman–Crippen LogP) is 2.95. The van der Waals surface area contributed by atoms with Crippen LogP contribution in [0, 0.1) is 13.8 Å². The summed E-state index contributed by atoms with van der Waals surface area (Å²) in [5.74, 6) is -1.13. The van der Waals surface area contributed by atoms with Crippen LogP contribution in [0.5, 0.6) is 0 Å². The first-order valence-corrected chi connectivity index (χ1v) is 9.73. The zero-order valence-corrected chi connectivity index (χ0v) is 17.6. The van der Waals surface area contributed by atoms with Crippen molar-refractivity contribution >= 4 is 23.5 Å². The maximum absolute atomic E-state index is 12.6. The van der Waals surface area contributed by atoms with Crippen LogP contribution in [0.2, 0.25) is 0 Å². The summed E-state index contributed by atoms with van der Waals surface area (Å²) in [7, 11) is 1.37. The highest BCUT2D eigenvalue weighted by atomic mass is 16.5. The van der Waals surface area contributed by atoms with E-state index >= 15 is 0 Å². The van der Waals surface area contributed by atoms with E-state index in [2.05, 4.69) is 10.4 Å². The van der Waals surface area contributed by atoms with Crippen LogP contribution in [-0.4, -0.2) is 34.7 Å². The number of nitrogens with two attached hydrogens (primary N) is 1. The number of aromatic nitrogens is 2. The molecule has 3 aromatic rings. The summed E-state index contributed by atoms with van der Waals surface area (Å²) in [5.41, 5.74) is 10.1. The van der Waals surface area contributed by atoms with Crippen molar-refractivity contribution in [3.8, 4) is 5.69 Å². The molecular weight excluding hydrogens is 396 g/mol. The van der Waals surface area contributed by atoms with Crippen molar-refractivity contribution in [1.82, 2.24) is 9.78 Å². The smallest absolute Gasteiger partial charge is 0.305 e. The number of nitrogens with one attached hydrogen (secondary N) is 1. The standard InChI is InChI=1S/C23H24N4O4/c1-14-20(11-12-21(28)31-3)15(2)27(26-14)19-9-7-16(8-10-19)23(30)25-18-6-4-5-17(13-18)22(24)29/h4-10,13H,11-12H2,1-3H3,(H2,24,29)(H,25,30). The maximum atomic E-state index is 12.6. The van der Waals surface area contributed by atoms with Crippen LogP contribution in [0.3, 0.4) is 0 Å². The third-order valence-electron chi connectivity index (χ3n) is 5.03. The van der Waals surface area contributed by atoms with E-state index in [-0.39, 0.29) is 11.9 Å². The Kier molecular flexibility index (Phi) is 6.49. The molecule has 0 unspecified atom stereocenters. The van der Waals surface area contributed by atoms with E-state index in [0.29, 0.717) is 29.7 Å². The molecule has 8 heteroatoms. The molecule has 0 radical (unpaired) electrons. The number of amides is 2. The van der Waals surface area contributed by atoms with Crippen molar-refractivity contribution < 1.29 is 19.1 Å². The van der Waals surface area contributed by atoms with Crippen molar-refractivity contribution in [2.24, 2.45) is 5.73 Å². The number of ether oxygens (including phenoxy) is 1. The van der Waals surface area contributed by atoms with Crippen molar-refractivity contribution in [2.45, 2.75) is 26.7 Å². The SMILES string of the molecule is COC(=O)CCc1c(C)nn(-c2ccc(C(=O)Nc3cccc(C(N)=O)c3)cc2)c1C. The number of aryl methyl sites for hydroxylation is 1. The van der Waals surface area contributed by atoms with Crippen molar-refractivity contribution in [1.29, 1.82) is 0 Å². The summed E-state index contributed by atoms with van der Waals surface area (Å²) in [4.78, 5) is 35.3. The van der Waals surface area contributed by atoms with Gasteiger partial charge in [-0.3, -0.25) is 14.4 Å². The predicted molar refractivity (Wildman–Crippen MR) is 116 cm³/mol. The summed E-state index contributed by atoms with van der Waals surface area (Å²) in [5, 5.41) is 7.33. The summed E-state index contributed by atoms with van der Waals surface area (Å²) in [6.45, 7) is 3.84. The lowest BCUT2D eigenvalue weighted by Crippen LogP contribution is -2.14. The van der Waals surface area contributed by atoms with Gasteiger partial charge < -0.3 is 15.8 Å². The average Bonchev–Trinajstić information content (AvgIpc) is 3.05. The van der Waals surface area contributed by atoms with E-state index in [9.17, 15) is 14.4 Å². The number of primary amides is 1. The Hall–Kier alpha value is -3.94. The Morgan fingerprint density at radius 1 is 1.06 bits per heavy atom. The van der Waals surface area contributed by atoms with Gasteiger partial charge in [0.2, 0.25) is 5.91 Å². The number of hydrogen-bond donors (Lipinski definition) is 2. The molecule has 0 bridgehead atoms. The van der Waals surface area contributed by atoms with Gasteiger partial charge in [0.05, 0.1) is 18.5 Å². The molecule has 0 aliphatic carbocycles. The monoisotopic (exact) mass is 420 g/mol. The maximum Gasteiger partial charge on any atom is 0.305 e. The molecule has 31 heavy (non-hydrogen) atoms. The number of nitrogens with zero attached hydrogens (tertiary/aromatic N) is 2. The Balaban J connectivity index is 1.76. The molecule has 0 atom stereocenters. The molecule has 0 saturated heterocycles. The highest BCUT2D eigenvalue weighted by Gasteiger charge is 2.15. The number of rotatable bonds is 7. The Morgan fingerprint density at radius 2 is 1.77 bits per heavy atom. The zero-order chi connectivity index (χ0) is 22.5. The molecule has 2 aromatic carbocycles. The van der Waals surface area contributed by atoms with Crippen molar-refractivity contribution in [3.05, 3.63) is 76.6 Å². The van der Waals surface area contributed by atoms with Gasteiger partial charge in [0, 0.05) is 28.9 Å². The fourth-order valence-electron chi connectivity index (χ4n) is 3.32. The fourth-order valence-corrected chi connectivity index (χ4v) is 3.32. The number of hydrogen-bond acceptors (Lipinski definition) is 5. The van der Waals surface area contributed by atoms with Gasteiger partial charge >= 0.3 is 5.97 Å². The van der Waals surface area contributed by atoms with E-state index in [1.807, 2.05) is 13.8 Å². The minimum Gasteiger partial charge on any atom is -0.469 e. The van der Waals surface area contributed by atoms with E-state index in [4.69, 9.17) is 10.5 Å². The molecule has 1 aromatic heterocycles. The molecular formula is C23H24N4O4. The molecule has 1 heterocycles. The minimum atomic E-state index is -0.559. The molecule has 0 saturated carbocycles. The van der Waals surface area contributed by atoms with Gasteiger partial charge in [-0.05, 0) is 68.3 Å². The largest absolute Gasteiger partial charge is 0.469 e. The lowest BCUT2D eigenvalue weighted by Gasteiger charge is -2.09. The van der Waals surface area contributed by atoms with Crippen LogP contribution < -0.4 is 11.1 Å². The zero-order valence-electron chi connectivity index (χ0n) is 17.6. The summed E-state index contributed by atoms with van der Waals surface area (Å²) < 4.78 is 6.50. The third kappa shape index (κ3) is 4.98. The second-order valence-corrected chi connectivity index (χ2v) is 7.08. The molecule has 3 rings (SSSR count). The van der Waals surface area contributed by atoms with Crippen LogP contribution >= 0.6 is 0 Å².